The van der Waals surface area contributed by atoms with Crippen LogP contribution in [-0.2, 0) is 6.54 Å². The fourth-order valence-corrected chi connectivity index (χ4v) is 4.91. The molecule has 2 fully saturated rings. The molecule has 0 spiro atoms. The molecule has 7 heteroatoms. The molecular formula is C22H27ClN4O2. The highest BCUT2D eigenvalue weighted by Crippen LogP contribution is 2.40. The van der Waals surface area contributed by atoms with Crippen LogP contribution in [0, 0.1) is 11.8 Å². The number of carbonyl (C=O) groups excluding carboxylic acids is 2. The summed E-state index contributed by atoms with van der Waals surface area (Å²) < 4.78 is 1.31. The van der Waals surface area contributed by atoms with Crippen LogP contribution in [0.3, 0.4) is 0 Å². The van der Waals surface area contributed by atoms with Crippen LogP contribution in [0.5, 0.6) is 0 Å². The Hall–Kier alpha value is -2.18. The first kappa shape index (κ1) is 20.1. The van der Waals surface area contributed by atoms with E-state index in [0.717, 1.165) is 43.1 Å². The zero-order chi connectivity index (χ0) is 20.5. The van der Waals surface area contributed by atoms with Crippen LogP contribution in [0.4, 0.5) is 4.79 Å². The number of nitrogens with zero attached hydrogens (tertiary/aromatic N) is 4. The van der Waals surface area contributed by atoms with E-state index >= 15 is 0 Å². The number of hydrogen-bond acceptors (Lipinski definition) is 4. The molecule has 2 aliphatic rings. The van der Waals surface area contributed by atoms with E-state index in [4.69, 9.17) is 11.6 Å². The third-order valence-corrected chi connectivity index (χ3v) is 6.76. The summed E-state index contributed by atoms with van der Waals surface area (Å²) in [6.07, 6.45) is 4.17. The van der Waals surface area contributed by atoms with Gasteiger partial charge in [-0.3, -0.25) is 9.69 Å². The third kappa shape index (κ3) is 4.09. The molecule has 1 aromatic carbocycles. The van der Waals surface area contributed by atoms with Gasteiger partial charge in [-0.2, -0.15) is 9.78 Å². The number of aromatic nitrogens is 2. The molecule has 1 saturated heterocycles. The summed E-state index contributed by atoms with van der Waals surface area (Å²) >= 11 is 6.31. The second-order valence-electron chi connectivity index (χ2n) is 8.26. The summed E-state index contributed by atoms with van der Waals surface area (Å²) in [6.45, 7) is 4.16. The van der Waals surface area contributed by atoms with Crippen molar-refractivity contribution in [2.45, 2.75) is 38.8 Å². The van der Waals surface area contributed by atoms with Crippen molar-refractivity contribution < 1.29 is 9.59 Å². The van der Waals surface area contributed by atoms with Gasteiger partial charge >= 0.3 is 6.03 Å². The van der Waals surface area contributed by atoms with Crippen molar-refractivity contribution in [2.75, 3.05) is 20.1 Å². The number of likely N-dealkylation sites (tertiary alicyclic amines) is 1. The Bertz CT molecular complexity index is 898. The molecule has 6 nitrogen and oxygen atoms in total. The fraction of sp³-hybridized carbons (Fsp3) is 0.500. The molecule has 0 bridgehead atoms. The third-order valence-electron chi connectivity index (χ3n) is 6.39. The number of fused-ring (bicyclic) bond motifs is 1. The number of hydrogen-bond donors (Lipinski definition) is 0. The summed E-state index contributed by atoms with van der Waals surface area (Å²) in [5.74, 6) is 0.995. The molecule has 2 aromatic rings. The quantitative estimate of drug-likeness (QED) is 0.695. The van der Waals surface area contributed by atoms with Crippen LogP contribution < -0.4 is 0 Å². The van der Waals surface area contributed by atoms with Gasteiger partial charge in [0.15, 0.2) is 5.78 Å². The summed E-state index contributed by atoms with van der Waals surface area (Å²) in [4.78, 5) is 28.8. The Morgan fingerprint density at radius 1 is 1.17 bits per heavy atom. The predicted molar refractivity (Wildman–Crippen MR) is 112 cm³/mol. The molecule has 0 radical (unpaired) electrons. The van der Waals surface area contributed by atoms with E-state index in [2.05, 4.69) is 23.1 Å². The van der Waals surface area contributed by atoms with Crippen molar-refractivity contribution in [1.29, 1.82) is 0 Å². The number of amides is 1. The Balaban J connectivity index is 1.34. The van der Waals surface area contributed by atoms with Crippen molar-refractivity contribution in [3.05, 3.63) is 52.8 Å². The number of rotatable bonds is 5. The molecule has 3 atom stereocenters. The first-order valence-corrected chi connectivity index (χ1v) is 10.7. The minimum absolute atomic E-state index is 0.0424. The lowest BCUT2D eigenvalue weighted by Crippen LogP contribution is -2.36. The predicted octanol–water partition coefficient (Wildman–Crippen LogP) is 3.94. The van der Waals surface area contributed by atoms with E-state index in [-0.39, 0.29) is 11.8 Å². The second-order valence-corrected chi connectivity index (χ2v) is 8.67. The number of carbonyl (C=O) groups is 2. The van der Waals surface area contributed by atoms with Gasteiger partial charge in [0, 0.05) is 43.3 Å². The van der Waals surface area contributed by atoms with Crippen LogP contribution in [0.2, 0.25) is 5.02 Å². The molecule has 154 valence electrons. The molecule has 1 saturated carbocycles. The molecule has 1 amide bonds. The Morgan fingerprint density at radius 3 is 2.52 bits per heavy atom. The Labute approximate surface area is 176 Å². The maximum Gasteiger partial charge on any atom is 0.344 e. The smallest absolute Gasteiger partial charge is 0.322 e. The lowest BCUT2D eigenvalue weighted by molar-refractivity contribution is 0.0983. The van der Waals surface area contributed by atoms with Crippen LogP contribution in [0.1, 0.15) is 42.2 Å². The van der Waals surface area contributed by atoms with Crippen molar-refractivity contribution in [3.63, 3.8) is 0 Å². The van der Waals surface area contributed by atoms with E-state index in [1.807, 2.05) is 23.1 Å². The van der Waals surface area contributed by atoms with Gasteiger partial charge in [-0.15, -0.1) is 0 Å². The summed E-state index contributed by atoms with van der Waals surface area (Å²) in [5.41, 5.74) is 1.52. The van der Waals surface area contributed by atoms with Crippen molar-refractivity contribution >= 4 is 23.4 Å². The Kier molecular flexibility index (Phi) is 5.74. The highest BCUT2D eigenvalue weighted by atomic mass is 35.5. The zero-order valence-electron chi connectivity index (χ0n) is 16.9. The zero-order valence-corrected chi connectivity index (χ0v) is 17.7. The van der Waals surface area contributed by atoms with E-state index in [1.165, 1.54) is 4.68 Å². The molecule has 1 aromatic heterocycles. The molecule has 4 rings (SSSR count). The maximum absolute atomic E-state index is 12.8. The average molecular weight is 415 g/mol. The van der Waals surface area contributed by atoms with E-state index in [1.54, 1.807) is 19.2 Å². The van der Waals surface area contributed by atoms with Gasteiger partial charge in [0.25, 0.3) is 0 Å². The number of Topliss-reactive ketones (excluding diaryl/α,β-unsaturated/α-hetero) is 1. The molecular weight excluding hydrogens is 388 g/mol. The summed E-state index contributed by atoms with van der Waals surface area (Å²) in [6, 6.07) is 10.0. The van der Waals surface area contributed by atoms with Gasteiger partial charge < -0.3 is 4.90 Å². The molecule has 1 aliphatic carbocycles. The lowest BCUT2D eigenvalue weighted by atomic mass is 10.0. The highest BCUT2D eigenvalue weighted by Gasteiger charge is 2.43. The van der Waals surface area contributed by atoms with Gasteiger partial charge in [-0.1, -0.05) is 36.7 Å². The monoisotopic (exact) mass is 414 g/mol. The van der Waals surface area contributed by atoms with Crippen LogP contribution in [0.15, 0.2) is 36.5 Å². The van der Waals surface area contributed by atoms with Crippen molar-refractivity contribution in [3.8, 4) is 0 Å². The first-order valence-electron chi connectivity index (χ1n) is 10.3. The van der Waals surface area contributed by atoms with Crippen LogP contribution in [-0.4, -0.2) is 57.6 Å². The number of halogens is 1. The maximum atomic E-state index is 12.8. The molecule has 29 heavy (non-hydrogen) atoms. The molecule has 1 aliphatic heterocycles. The minimum atomic E-state index is -0.129. The van der Waals surface area contributed by atoms with Gasteiger partial charge in [0.2, 0.25) is 0 Å². The molecule has 0 N–H and O–H groups in total. The minimum Gasteiger partial charge on any atom is -0.322 e. The molecule has 0 unspecified atom stereocenters. The van der Waals surface area contributed by atoms with Crippen LogP contribution >= 0.6 is 11.6 Å². The number of benzene rings is 1. The van der Waals surface area contributed by atoms with Crippen LogP contribution in [0.25, 0.3) is 0 Å². The van der Waals surface area contributed by atoms with E-state index in [9.17, 15) is 9.59 Å². The summed E-state index contributed by atoms with van der Waals surface area (Å²) in [5, 5.41) is 4.99. The number of ketones is 1. The van der Waals surface area contributed by atoms with E-state index < -0.39 is 0 Å². The van der Waals surface area contributed by atoms with Gasteiger partial charge in [-0.25, -0.2) is 4.79 Å². The average Bonchev–Trinajstić information content (AvgIpc) is 3.43. The standard InChI is InChI=1S/C22H27ClN4O2/c1-3-21(28)20-8-9-27(24-20)22(29)26-13-16-10-18(11-17(16)14-26)25(2)12-15-6-4-5-7-19(15)23/h4-9,16-18H,3,10-14H2,1-2H3/t16-,17+,18+. The lowest BCUT2D eigenvalue weighted by Gasteiger charge is -2.26. The van der Waals surface area contributed by atoms with Crippen molar-refractivity contribution in [1.82, 2.24) is 19.6 Å². The SMILES string of the molecule is CCC(=O)c1ccn(C(=O)N2C[C@H]3C[C@H](N(C)Cc4ccccc4Cl)C[C@H]3C2)n1. The topological polar surface area (TPSA) is 58.4 Å². The Morgan fingerprint density at radius 2 is 1.86 bits per heavy atom. The highest BCUT2D eigenvalue weighted by molar-refractivity contribution is 6.31. The van der Waals surface area contributed by atoms with Gasteiger partial charge in [0.05, 0.1) is 0 Å². The summed E-state index contributed by atoms with van der Waals surface area (Å²) in [7, 11) is 2.16. The van der Waals surface area contributed by atoms with E-state index in [0.29, 0.717) is 30.0 Å². The second kappa shape index (κ2) is 8.28. The molecule has 2 heterocycles. The van der Waals surface area contributed by atoms with Gasteiger partial charge in [0.1, 0.15) is 5.69 Å². The largest absolute Gasteiger partial charge is 0.344 e. The van der Waals surface area contributed by atoms with Gasteiger partial charge in [-0.05, 0) is 49.4 Å². The first-order chi connectivity index (χ1) is 14.0. The normalized spacial score (nSPS) is 23.6. The fourth-order valence-electron chi connectivity index (χ4n) is 4.71. The van der Waals surface area contributed by atoms with Crippen molar-refractivity contribution in [2.24, 2.45) is 11.8 Å².